The van der Waals surface area contributed by atoms with Gasteiger partial charge in [-0.3, -0.25) is 4.98 Å². The van der Waals surface area contributed by atoms with E-state index in [-0.39, 0.29) is 11.8 Å². The predicted octanol–water partition coefficient (Wildman–Crippen LogP) is 6.35. The highest BCUT2D eigenvalue weighted by atomic mass is 19.3. The lowest BCUT2D eigenvalue weighted by atomic mass is 9.99. The molecular weight excluding hydrogens is 382 g/mol. The number of alkyl halides is 2. The van der Waals surface area contributed by atoms with Crippen LogP contribution in [-0.4, -0.2) is 11.6 Å². The highest BCUT2D eigenvalue weighted by Gasteiger charge is 2.14. The van der Waals surface area contributed by atoms with Crippen LogP contribution in [0.15, 0.2) is 85.2 Å². The first-order valence-corrected chi connectivity index (χ1v) is 9.81. The number of fused-ring (bicyclic) bond motifs is 1. The fraction of sp³-hybridized carbons (Fsp3) is 0.160. The summed E-state index contributed by atoms with van der Waals surface area (Å²) in [7, 11) is 0. The zero-order valence-corrected chi connectivity index (χ0v) is 16.6. The Morgan fingerprint density at radius 3 is 2.60 bits per heavy atom. The van der Waals surface area contributed by atoms with Crippen LogP contribution < -0.4 is 10.1 Å². The number of rotatable bonds is 7. The second kappa shape index (κ2) is 9.01. The molecule has 1 heterocycles. The van der Waals surface area contributed by atoms with E-state index >= 15 is 0 Å². The van der Waals surface area contributed by atoms with Crippen molar-refractivity contribution >= 4 is 10.8 Å². The summed E-state index contributed by atoms with van der Waals surface area (Å²) in [6.07, 6.45) is 3.29. The van der Waals surface area contributed by atoms with Gasteiger partial charge in [-0.1, -0.05) is 54.6 Å². The molecule has 0 saturated heterocycles. The summed E-state index contributed by atoms with van der Waals surface area (Å²) in [4.78, 5) is 4.10. The maximum atomic E-state index is 12.8. The van der Waals surface area contributed by atoms with Gasteiger partial charge in [-0.2, -0.15) is 8.78 Å². The summed E-state index contributed by atoms with van der Waals surface area (Å²) in [5.74, 6) is 0.142. The number of hydrogen-bond acceptors (Lipinski definition) is 3. The maximum Gasteiger partial charge on any atom is 0.387 e. The topological polar surface area (TPSA) is 34.1 Å². The Kier molecular flexibility index (Phi) is 6.00. The zero-order valence-electron chi connectivity index (χ0n) is 16.6. The summed E-state index contributed by atoms with van der Waals surface area (Å²) in [5, 5.41) is 5.97. The summed E-state index contributed by atoms with van der Waals surface area (Å²) in [5.41, 5.74) is 3.53. The van der Waals surface area contributed by atoms with Gasteiger partial charge >= 0.3 is 6.61 Å². The van der Waals surface area contributed by atoms with E-state index in [0.29, 0.717) is 12.1 Å². The van der Waals surface area contributed by atoms with Crippen LogP contribution in [0.5, 0.6) is 5.75 Å². The van der Waals surface area contributed by atoms with Gasteiger partial charge < -0.3 is 10.1 Å². The number of nitrogens with zero attached hydrogens (tertiary/aromatic N) is 1. The Bertz CT molecular complexity index is 1130. The third kappa shape index (κ3) is 4.47. The van der Waals surface area contributed by atoms with E-state index in [1.807, 2.05) is 24.3 Å². The van der Waals surface area contributed by atoms with E-state index in [4.69, 9.17) is 4.74 Å². The van der Waals surface area contributed by atoms with Gasteiger partial charge in [0, 0.05) is 36.1 Å². The fourth-order valence-electron chi connectivity index (χ4n) is 3.64. The van der Waals surface area contributed by atoms with Gasteiger partial charge in [-0.05, 0) is 47.0 Å². The van der Waals surface area contributed by atoms with Crippen LogP contribution in [0, 0.1) is 0 Å². The highest BCUT2D eigenvalue weighted by Crippen LogP contribution is 2.32. The molecule has 30 heavy (non-hydrogen) atoms. The Balaban J connectivity index is 1.57. The monoisotopic (exact) mass is 404 g/mol. The molecule has 0 saturated carbocycles. The second-order valence-electron chi connectivity index (χ2n) is 7.12. The Hall–Kier alpha value is -3.31. The van der Waals surface area contributed by atoms with Crippen LogP contribution >= 0.6 is 0 Å². The average molecular weight is 404 g/mol. The summed E-state index contributed by atoms with van der Waals surface area (Å²) in [6.45, 7) is -0.166. The normalized spacial score (nSPS) is 12.3. The molecule has 3 nitrogen and oxygen atoms in total. The largest absolute Gasteiger partial charge is 0.434 e. The van der Waals surface area contributed by atoms with Gasteiger partial charge in [0.05, 0.1) is 0 Å². The smallest absolute Gasteiger partial charge is 0.387 e. The van der Waals surface area contributed by atoms with Gasteiger partial charge in [-0.15, -0.1) is 0 Å². The molecule has 3 aromatic carbocycles. The Labute approximate surface area is 174 Å². The molecule has 0 aliphatic heterocycles. The molecule has 1 atom stereocenters. The molecule has 0 amide bonds. The molecule has 1 N–H and O–H groups in total. The van der Waals surface area contributed by atoms with Crippen molar-refractivity contribution in [3.05, 3.63) is 96.3 Å². The SMILES string of the molecule is C[C@@H](NCc1ccc(OC(F)F)c(-c2cccnc2)c1)c1cccc2ccccc12. The number of ether oxygens (including phenoxy) is 1. The van der Waals surface area contributed by atoms with E-state index in [0.717, 1.165) is 11.1 Å². The summed E-state index contributed by atoms with van der Waals surface area (Å²) >= 11 is 0. The number of nitrogens with one attached hydrogen (secondary N) is 1. The minimum absolute atomic E-state index is 0.120. The first-order chi connectivity index (χ1) is 14.6. The number of pyridine rings is 1. The molecule has 0 fully saturated rings. The summed E-state index contributed by atoms with van der Waals surface area (Å²) < 4.78 is 30.4. The van der Waals surface area contributed by atoms with Crippen molar-refractivity contribution in [2.45, 2.75) is 26.1 Å². The third-order valence-corrected chi connectivity index (χ3v) is 5.13. The maximum absolute atomic E-state index is 12.8. The van der Waals surface area contributed by atoms with Gasteiger partial charge in [0.25, 0.3) is 0 Å². The van der Waals surface area contributed by atoms with Crippen molar-refractivity contribution in [3.63, 3.8) is 0 Å². The first-order valence-electron chi connectivity index (χ1n) is 9.81. The molecule has 0 unspecified atom stereocenters. The molecule has 0 aliphatic carbocycles. The third-order valence-electron chi connectivity index (χ3n) is 5.13. The Morgan fingerprint density at radius 1 is 0.967 bits per heavy atom. The van der Waals surface area contributed by atoms with Crippen LogP contribution in [0.4, 0.5) is 8.78 Å². The van der Waals surface area contributed by atoms with Crippen molar-refractivity contribution in [3.8, 4) is 16.9 Å². The molecular formula is C25H22F2N2O. The van der Waals surface area contributed by atoms with E-state index in [9.17, 15) is 8.78 Å². The van der Waals surface area contributed by atoms with E-state index in [1.54, 1.807) is 30.6 Å². The molecule has 0 aliphatic rings. The average Bonchev–Trinajstić information content (AvgIpc) is 2.78. The number of hydrogen-bond donors (Lipinski definition) is 1. The fourth-order valence-corrected chi connectivity index (χ4v) is 3.64. The zero-order chi connectivity index (χ0) is 20.9. The van der Waals surface area contributed by atoms with Crippen LogP contribution in [0.25, 0.3) is 21.9 Å². The predicted molar refractivity (Wildman–Crippen MR) is 116 cm³/mol. The minimum Gasteiger partial charge on any atom is -0.434 e. The number of benzene rings is 3. The minimum atomic E-state index is -2.88. The quantitative estimate of drug-likeness (QED) is 0.389. The van der Waals surface area contributed by atoms with Gasteiger partial charge in [0.2, 0.25) is 0 Å². The van der Waals surface area contributed by atoms with E-state index in [1.165, 1.54) is 16.3 Å². The van der Waals surface area contributed by atoms with Crippen LogP contribution in [0.3, 0.4) is 0 Å². The summed E-state index contributed by atoms with van der Waals surface area (Å²) in [6, 6.07) is 23.6. The number of halogens is 2. The van der Waals surface area contributed by atoms with E-state index < -0.39 is 6.61 Å². The highest BCUT2D eigenvalue weighted by molar-refractivity contribution is 5.86. The van der Waals surface area contributed by atoms with Crippen molar-refractivity contribution < 1.29 is 13.5 Å². The van der Waals surface area contributed by atoms with Crippen molar-refractivity contribution in [2.75, 3.05) is 0 Å². The molecule has 152 valence electrons. The lowest BCUT2D eigenvalue weighted by molar-refractivity contribution is -0.0494. The van der Waals surface area contributed by atoms with E-state index in [2.05, 4.69) is 47.6 Å². The second-order valence-corrected chi connectivity index (χ2v) is 7.12. The number of aromatic nitrogens is 1. The molecule has 1 aromatic heterocycles. The lowest BCUT2D eigenvalue weighted by Crippen LogP contribution is -2.18. The standard InChI is InChI=1S/C25H22F2N2O/c1-17(21-10-4-7-19-6-2-3-9-22(19)21)29-15-18-11-12-24(30-25(26)27)23(14-18)20-8-5-13-28-16-20/h2-14,16-17,25,29H,15H2,1H3/t17-/m1/s1. The van der Waals surface area contributed by atoms with Gasteiger partial charge in [-0.25, -0.2) is 0 Å². The molecule has 5 heteroatoms. The molecule has 0 bridgehead atoms. The van der Waals surface area contributed by atoms with Crippen LogP contribution in [-0.2, 0) is 6.54 Å². The van der Waals surface area contributed by atoms with Crippen LogP contribution in [0.2, 0.25) is 0 Å². The Morgan fingerprint density at radius 2 is 1.80 bits per heavy atom. The lowest BCUT2D eigenvalue weighted by Gasteiger charge is -2.18. The molecule has 4 rings (SSSR count). The first kappa shape index (κ1) is 20.0. The molecule has 0 radical (unpaired) electrons. The van der Waals surface area contributed by atoms with Crippen LogP contribution in [0.1, 0.15) is 24.1 Å². The molecule has 0 spiro atoms. The van der Waals surface area contributed by atoms with Crippen molar-refractivity contribution in [2.24, 2.45) is 0 Å². The molecule has 4 aromatic rings. The van der Waals surface area contributed by atoms with Crippen molar-refractivity contribution in [1.82, 2.24) is 10.3 Å². The van der Waals surface area contributed by atoms with Gasteiger partial charge in [0.15, 0.2) is 0 Å². The van der Waals surface area contributed by atoms with Crippen molar-refractivity contribution in [1.29, 1.82) is 0 Å². The van der Waals surface area contributed by atoms with Gasteiger partial charge in [0.1, 0.15) is 5.75 Å².